The average Bonchev–Trinajstić information content (AvgIpc) is 2.83. The molecule has 6 nitrogen and oxygen atoms in total. The first-order chi connectivity index (χ1) is 16.3. The molecule has 0 saturated carbocycles. The number of nitrogens with one attached hydrogen (secondary N) is 1. The number of carbonyl (C=O) groups is 2. The summed E-state index contributed by atoms with van der Waals surface area (Å²) in [4.78, 5) is 39.0. The highest BCUT2D eigenvalue weighted by Crippen LogP contribution is 2.32. The van der Waals surface area contributed by atoms with Crippen LogP contribution in [0.3, 0.4) is 0 Å². The molecule has 0 bridgehead atoms. The van der Waals surface area contributed by atoms with Gasteiger partial charge in [0.05, 0.1) is 0 Å². The van der Waals surface area contributed by atoms with Crippen LogP contribution in [0.5, 0.6) is 0 Å². The Morgan fingerprint density at radius 2 is 1.59 bits per heavy atom. The minimum absolute atomic E-state index is 0.0555. The molecular weight excluding hydrogens is 567 g/mol. The molecule has 1 atom stereocenters. The van der Waals surface area contributed by atoms with Crippen molar-refractivity contribution in [1.29, 1.82) is 0 Å². The van der Waals surface area contributed by atoms with Gasteiger partial charge in [-0.2, -0.15) is 0 Å². The zero-order valence-corrected chi connectivity index (χ0v) is 21.3. The second kappa shape index (κ2) is 9.99. The van der Waals surface area contributed by atoms with Gasteiger partial charge in [-0.25, -0.2) is 4.79 Å². The van der Waals surface area contributed by atoms with Crippen LogP contribution in [0.4, 0.5) is 5.69 Å². The number of hydrogen-bond donors (Lipinski definition) is 1. The molecule has 0 saturated heterocycles. The Labute approximate surface area is 214 Å². The maximum Gasteiger partial charge on any atom is 0.356 e. The summed E-state index contributed by atoms with van der Waals surface area (Å²) in [6.45, 7) is 1.49. The molecule has 4 aromatic rings. The van der Waals surface area contributed by atoms with Gasteiger partial charge in [0, 0.05) is 32.3 Å². The highest BCUT2D eigenvalue weighted by atomic mass is 127. The predicted molar refractivity (Wildman–Crippen MR) is 142 cm³/mol. The van der Waals surface area contributed by atoms with Crippen molar-refractivity contribution in [2.24, 2.45) is 7.05 Å². The molecule has 34 heavy (non-hydrogen) atoms. The van der Waals surface area contributed by atoms with Gasteiger partial charge in [-0.15, -0.1) is 0 Å². The maximum atomic E-state index is 13.3. The molecule has 0 radical (unpaired) electrons. The monoisotopic (exact) mass is 586 g/mol. The van der Waals surface area contributed by atoms with Crippen LogP contribution >= 0.6 is 34.2 Å². The van der Waals surface area contributed by atoms with Crippen LogP contribution in [0, 0.1) is 3.57 Å². The van der Waals surface area contributed by atoms with Crippen molar-refractivity contribution >= 4 is 62.5 Å². The quantitative estimate of drug-likeness (QED) is 0.242. The number of hydrogen-bond acceptors (Lipinski definition) is 4. The zero-order chi connectivity index (χ0) is 24.4. The summed E-state index contributed by atoms with van der Waals surface area (Å²) in [7, 11) is 1.51. The number of halogens is 2. The Hall–Kier alpha value is -3.17. The Bertz CT molecular complexity index is 1450. The second-order valence-electron chi connectivity index (χ2n) is 7.68. The van der Waals surface area contributed by atoms with Crippen LogP contribution in [0.2, 0.25) is 5.02 Å². The van der Waals surface area contributed by atoms with Gasteiger partial charge in [0.25, 0.3) is 11.5 Å². The molecule has 0 spiro atoms. The molecule has 1 heterocycles. The summed E-state index contributed by atoms with van der Waals surface area (Å²) in [6.07, 6.45) is -1.09. The van der Waals surface area contributed by atoms with Gasteiger partial charge in [0.15, 0.2) is 6.10 Å². The number of ether oxygens (including phenoxy) is 1. The van der Waals surface area contributed by atoms with Crippen LogP contribution in [0.25, 0.3) is 21.9 Å². The van der Waals surface area contributed by atoms with E-state index in [-0.39, 0.29) is 11.3 Å². The molecule has 0 fully saturated rings. The van der Waals surface area contributed by atoms with E-state index in [2.05, 4.69) is 27.9 Å². The van der Waals surface area contributed by atoms with Gasteiger partial charge in [-0.3, -0.25) is 9.59 Å². The molecule has 0 aliphatic carbocycles. The summed E-state index contributed by atoms with van der Waals surface area (Å²) in [5.41, 5.74) is 1.54. The van der Waals surface area contributed by atoms with Crippen molar-refractivity contribution in [3.8, 4) is 11.1 Å². The zero-order valence-electron chi connectivity index (χ0n) is 18.3. The smallest absolute Gasteiger partial charge is 0.356 e. The van der Waals surface area contributed by atoms with Crippen molar-refractivity contribution in [3.05, 3.63) is 97.4 Å². The number of nitrogens with zero attached hydrogens (tertiary/aromatic N) is 1. The molecule has 0 aliphatic heterocycles. The van der Waals surface area contributed by atoms with Crippen LogP contribution in [0.15, 0.2) is 77.6 Å². The summed E-state index contributed by atoms with van der Waals surface area (Å²) < 4.78 is 7.82. The van der Waals surface area contributed by atoms with E-state index in [1.165, 1.54) is 18.5 Å². The Morgan fingerprint density at radius 3 is 2.24 bits per heavy atom. The molecule has 0 aliphatic rings. The molecule has 1 N–H and O–H groups in total. The fourth-order valence-electron chi connectivity index (χ4n) is 3.66. The van der Waals surface area contributed by atoms with Crippen molar-refractivity contribution < 1.29 is 14.3 Å². The lowest BCUT2D eigenvalue weighted by Gasteiger charge is -2.19. The van der Waals surface area contributed by atoms with Gasteiger partial charge in [0.2, 0.25) is 0 Å². The molecule has 1 unspecified atom stereocenters. The number of aromatic nitrogens is 1. The Kier molecular flexibility index (Phi) is 7.04. The first-order valence-corrected chi connectivity index (χ1v) is 11.9. The molecule has 3 aromatic carbocycles. The summed E-state index contributed by atoms with van der Waals surface area (Å²) in [5.74, 6) is -1.26. The van der Waals surface area contributed by atoms with E-state index in [0.29, 0.717) is 32.6 Å². The van der Waals surface area contributed by atoms with Crippen molar-refractivity contribution in [2.75, 3.05) is 5.32 Å². The van der Waals surface area contributed by atoms with Crippen LogP contribution in [0.1, 0.15) is 17.4 Å². The van der Waals surface area contributed by atoms with Crippen molar-refractivity contribution in [3.63, 3.8) is 0 Å². The second-order valence-corrected chi connectivity index (χ2v) is 9.37. The number of anilines is 1. The first-order valence-electron chi connectivity index (χ1n) is 10.4. The molecule has 1 aromatic heterocycles. The summed E-state index contributed by atoms with van der Waals surface area (Å²) >= 11 is 8.23. The number of benzene rings is 3. The molecule has 1 amide bonds. The fraction of sp³-hybridized carbons (Fsp3) is 0.115. The van der Waals surface area contributed by atoms with E-state index in [4.69, 9.17) is 16.3 Å². The third-order valence-corrected chi connectivity index (χ3v) is 6.37. The molecule has 8 heteroatoms. The van der Waals surface area contributed by atoms with Gasteiger partial charge < -0.3 is 14.6 Å². The Balaban J connectivity index is 1.73. The van der Waals surface area contributed by atoms with Gasteiger partial charge in [-0.1, -0.05) is 41.9 Å². The highest BCUT2D eigenvalue weighted by Gasteiger charge is 2.26. The van der Waals surface area contributed by atoms with Crippen LogP contribution < -0.4 is 10.9 Å². The van der Waals surface area contributed by atoms with Gasteiger partial charge in [0.1, 0.15) is 5.69 Å². The SMILES string of the molecule is CC(OC(=O)c1c(-c2ccc(Cl)cc2)c2ccccc2c(=O)n1C)C(=O)Nc1ccc(I)cc1. The van der Waals surface area contributed by atoms with Crippen molar-refractivity contribution in [2.45, 2.75) is 13.0 Å². The third-order valence-electron chi connectivity index (χ3n) is 5.39. The fourth-order valence-corrected chi connectivity index (χ4v) is 4.15. The molecule has 172 valence electrons. The van der Waals surface area contributed by atoms with Gasteiger partial charge >= 0.3 is 5.97 Å². The maximum absolute atomic E-state index is 13.3. The van der Waals surface area contributed by atoms with E-state index < -0.39 is 18.0 Å². The van der Waals surface area contributed by atoms with E-state index in [0.717, 1.165) is 3.57 Å². The first kappa shape index (κ1) is 24.0. The lowest BCUT2D eigenvalue weighted by atomic mass is 9.96. The van der Waals surface area contributed by atoms with Crippen LogP contribution in [-0.2, 0) is 16.6 Å². The van der Waals surface area contributed by atoms with E-state index in [9.17, 15) is 14.4 Å². The average molecular weight is 587 g/mol. The largest absolute Gasteiger partial charge is 0.448 e. The summed E-state index contributed by atoms with van der Waals surface area (Å²) in [5, 5.41) is 4.35. The number of carbonyl (C=O) groups excluding carboxylic acids is 2. The number of fused-ring (bicyclic) bond motifs is 1. The number of rotatable bonds is 5. The van der Waals surface area contributed by atoms with Crippen LogP contribution in [-0.4, -0.2) is 22.5 Å². The van der Waals surface area contributed by atoms with Crippen molar-refractivity contribution in [1.82, 2.24) is 4.57 Å². The van der Waals surface area contributed by atoms with Gasteiger partial charge in [-0.05, 0) is 82.9 Å². The predicted octanol–water partition coefficient (Wildman–Crippen LogP) is 5.65. The normalized spacial score (nSPS) is 11.8. The summed E-state index contributed by atoms with van der Waals surface area (Å²) in [6, 6.07) is 21.3. The lowest BCUT2D eigenvalue weighted by molar-refractivity contribution is -0.123. The topological polar surface area (TPSA) is 77.4 Å². The standard InChI is InChI=1S/C26H20ClIN2O4/c1-15(24(31)29-19-13-11-18(28)12-14-19)34-26(33)23-22(16-7-9-17(27)10-8-16)20-5-3-4-6-21(20)25(32)30(23)2/h3-15H,1-2H3,(H,29,31). The molecular formula is C26H20ClIN2O4. The third kappa shape index (κ3) is 4.85. The number of amides is 1. The highest BCUT2D eigenvalue weighted by molar-refractivity contribution is 14.1. The van der Waals surface area contributed by atoms with E-state index in [1.54, 1.807) is 60.7 Å². The minimum atomic E-state index is -1.09. The number of esters is 1. The minimum Gasteiger partial charge on any atom is -0.448 e. The van der Waals surface area contributed by atoms with E-state index >= 15 is 0 Å². The Morgan fingerprint density at radius 1 is 0.971 bits per heavy atom. The lowest BCUT2D eigenvalue weighted by Crippen LogP contribution is -2.32. The van der Waals surface area contributed by atoms with E-state index in [1.807, 2.05) is 12.1 Å². The molecule has 4 rings (SSSR count). The number of pyridine rings is 1.